The van der Waals surface area contributed by atoms with Crippen molar-refractivity contribution in [1.29, 1.82) is 0 Å². The summed E-state index contributed by atoms with van der Waals surface area (Å²) in [4.78, 5) is 14.0. The van der Waals surface area contributed by atoms with Gasteiger partial charge in [0, 0.05) is 18.5 Å². The summed E-state index contributed by atoms with van der Waals surface area (Å²) >= 11 is 1.77. The van der Waals surface area contributed by atoms with Crippen molar-refractivity contribution in [3.63, 3.8) is 0 Å². The fourth-order valence-electron chi connectivity index (χ4n) is 3.17. The third-order valence-corrected chi connectivity index (χ3v) is 4.76. The van der Waals surface area contributed by atoms with E-state index >= 15 is 0 Å². The fraction of sp³-hybridized carbons (Fsp3) is 0.500. The van der Waals surface area contributed by atoms with Crippen LogP contribution in [0.2, 0.25) is 0 Å². The number of carbonyl (C=O) groups is 1. The first-order valence-electron chi connectivity index (χ1n) is 7.98. The van der Waals surface area contributed by atoms with Crippen molar-refractivity contribution in [3.8, 4) is 0 Å². The molecule has 1 fully saturated rings. The van der Waals surface area contributed by atoms with Gasteiger partial charge in [0.1, 0.15) is 0 Å². The number of piperidine rings is 1. The molecule has 0 saturated carbocycles. The second-order valence-electron chi connectivity index (χ2n) is 5.77. The van der Waals surface area contributed by atoms with Crippen molar-refractivity contribution in [2.24, 2.45) is 0 Å². The van der Waals surface area contributed by atoms with Gasteiger partial charge >= 0.3 is 6.09 Å². The smallest absolute Gasteiger partial charge is 0.409 e. The number of thioether (sulfide) groups is 1. The minimum absolute atomic E-state index is 0.114. The number of ether oxygens (including phenoxy) is 1. The van der Waals surface area contributed by atoms with Gasteiger partial charge < -0.3 is 15.0 Å². The lowest BCUT2D eigenvalue weighted by Gasteiger charge is -2.41. The van der Waals surface area contributed by atoms with E-state index in [4.69, 9.17) is 4.74 Å². The van der Waals surface area contributed by atoms with Gasteiger partial charge in [-0.1, -0.05) is 36.9 Å². The third kappa shape index (κ3) is 4.75. The molecular formula is C18H26N2O2S. The molecule has 2 unspecified atom stereocenters. The highest BCUT2D eigenvalue weighted by molar-refractivity contribution is 7.98. The fourth-order valence-corrected chi connectivity index (χ4v) is 3.55. The number of hydrogen-bond donors (Lipinski definition) is 1. The van der Waals surface area contributed by atoms with Gasteiger partial charge in [0.25, 0.3) is 0 Å². The largest absolute Gasteiger partial charge is 0.453 e. The Kier molecular flexibility index (Phi) is 6.99. The van der Waals surface area contributed by atoms with Crippen LogP contribution in [-0.2, 0) is 11.2 Å². The van der Waals surface area contributed by atoms with Crippen LogP contribution in [-0.4, -0.2) is 48.9 Å². The maximum Gasteiger partial charge on any atom is 0.409 e. The Balaban J connectivity index is 2.20. The zero-order chi connectivity index (χ0) is 16.7. The molecule has 0 aliphatic carbocycles. The molecule has 1 aromatic rings. The zero-order valence-corrected chi connectivity index (χ0v) is 14.8. The van der Waals surface area contributed by atoms with Crippen molar-refractivity contribution < 1.29 is 9.53 Å². The number of rotatable bonds is 6. The highest BCUT2D eigenvalue weighted by Gasteiger charge is 2.34. The molecule has 1 aromatic carbocycles. The van der Waals surface area contributed by atoms with E-state index < -0.39 is 0 Å². The van der Waals surface area contributed by atoms with Crippen LogP contribution in [0.3, 0.4) is 0 Å². The number of benzene rings is 1. The van der Waals surface area contributed by atoms with Gasteiger partial charge in [0.15, 0.2) is 0 Å². The van der Waals surface area contributed by atoms with Crippen molar-refractivity contribution in [2.75, 3.05) is 25.8 Å². The summed E-state index contributed by atoms with van der Waals surface area (Å²) in [7, 11) is 1.46. The van der Waals surface area contributed by atoms with Gasteiger partial charge in [0.2, 0.25) is 0 Å². The van der Waals surface area contributed by atoms with E-state index in [1.807, 2.05) is 23.1 Å². The lowest BCUT2D eigenvalue weighted by Crippen LogP contribution is -2.56. The number of hydrogen-bond acceptors (Lipinski definition) is 4. The Morgan fingerprint density at radius 1 is 1.57 bits per heavy atom. The Morgan fingerprint density at radius 2 is 2.39 bits per heavy atom. The van der Waals surface area contributed by atoms with Crippen LogP contribution in [0.5, 0.6) is 0 Å². The van der Waals surface area contributed by atoms with Crippen LogP contribution in [0.25, 0.3) is 6.08 Å². The summed E-state index contributed by atoms with van der Waals surface area (Å²) < 4.78 is 4.99. The van der Waals surface area contributed by atoms with Crippen molar-refractivity contribution in [2.45, 2.75) is 31.3 Å². The van der Waals surface area contributed by atoms with Crippen molar-refractivity contribution >= 4 is 23.9 Å². The number of amides is 1. The van der Waals surface area contributed by atoms with Gasteiger partial charge in [0.05, 0.1) is 13.2 Å². The number of methoxy groups -OCH3 is 1. The first kappa shape index (κ1) is 17.9. The van der Waals surface area contributed by atoms with Gasteiger partial charge in [-0.15, -0.1) is 11.8 Å². The molecule has 1 heterocycles. The maximum atomic E-state index is 12.2. The molecular weight excluding hydrogens is 308 g/mol. The van der Waals surface area contributed by atoms with Crippen LogP contribution in [0.15, 0.2) is 30.8 Å². The number of nitrogens with one attached hydrogen (secondary N) is 1. The van der Waals surface area contributed by atoms with Crippen molar-refractivity contribution in [3.05, 3.63) is 42.0 Å². The lowest BCUT2D eigenvalue weighted by molar-refractivity contribution is 0.0764. The summed E-state index contributed by atoms with van der Waals surface area (Å²) in [6.07, 6.45) is 6.61. The molecule has 2 atom stereocenters. The number of carbonyl (C=O) groups excluding carboxylic acids is 1. The average molecular weight is 334 g/mol. The monoisotopic (exact) mass is 334 g/mol. The standard InChI is InChI=1S/C18H26N2O2S/c1-4-14-7-5-8-15(11-14)12-17-16(19-13-23-3)9-6-10-20(17)18(21)22-2/h4-5,7-8,11,16-17,19H,1,6,9-10,12-13H2,2-3H3. The Hall–Kier alpha value is -1.46. The van der Waals surface area contributed by atoms with E-state index in [-0.39, 0.29) is 12.1 Å². The molecule has 0 radical (unpaired) electrons. The van der Waals surface area contributed by atoms with Crippen LogP contribution in [0.1, 0.15) is 24.0 Å². The molecule has 1 aliphatic rings. The van der Waals surface area contributed by atoms with E-state index in [2.05, 4.69) is 30.3 Å². The van der Waals surface area contributed by atoms with E-state index in [0.29, 0.717) is 6.04 Å². The summed E-state index contributed by atoms with van der Waals surface area (Å²) in [6, 6.07) is 8.75. The molecule has 0 spiro atoms. The van der Waals surface area contributed by atoms with Crippen molar-refractivity contribution in [1.82, 2.24) is 10.2 Å². The van der Waals surface area contributed by atoms with E-state index in [0.717, 1.165) is 37.2 Å². The molecule has 2 rings (SSSR count). The predicted octanol–water partition coefficient (Wildman–Crippen LogP) is 3.38. The Morgan fingerprint density at radius 3 is 3.09 bits per heavy atom. The second-order valence-corrected chi connectivity index (χ2v) is 6.64. The first-order chi connectivity index (χ1) is 11.2. The molecule has 1 saturated heterocycles. The number of nitrogens with zero attached hydrogens (tertiary/aromatic N) is 1. The molecule has 5 heteroatoms. The zero-order valence-electron chi connectivity index (χ0n) is 14.0. The predicted molar refractivity (Wildman–Crippen MR) is 97.7 cm³/mol. The number of likely N-dealkylation sites (tertiary alicyclic amines) is 1. The maximum absolute atomic E-state index is 12.2. The van der Waals surface area contributed by atoms with E-state index in [1.165, 1.54) is 12.7 Å². The topological polar surface area (TPSA) is 41.6 Å². The third-order valence-electron chi connectivity index (χ3n) is 4.31. The molecule has 23 heavy (non-hydrogen) atoms. The van der Waals surface area contributed by atoms with E-state index in [9.17, 15) is 4.79 Å². The quantitative estimate of drug-likeness (QED) is 0.810. The minimum Gasteiger partial charge on any atom is -0.453 e. The molecule has 1 amide bonds. The van der Waals surface area contributed by atoms with Crippen LogP contribution < -0.4 is 5.32 Å². The van der Waals surface area contributed by atoms with Gasteiger partial charge in [-0.3, -0.25) is 0 Å². The Labute approximate surface area is 143 Å². The van der Waals surface area contributed by atoms with Crippen LogP contribution in [0.4, 0.5) is 4.79 Å². The highest BCUT2D eigenvalue weighted by Crippen LogP contribution is 2.23. The molecule has 4 nitrogen and oxygen atoms in total. The lowest BCUT2D eigenvalue weighted by atomic mass is 9.91. The first-order valence-corrected chi connectivity index (χ1v) is 9.37. The summed E-state index contributed by atoms with van der Waals surface area (Å²) in [5.74, 6) is 0.892. The SMILES string of the molecule is C=Cc1cccc(CC2C(NCSC)CCCN2C(=O)OC)c1. The molecule has 1 aliphatic heterocycles. The van der Waals surface area contributed by atoms with Crippen LogP contribution in [0, 0.1) is 0 Å². The minimum atomic E-state index is -0.231. The molecule has 0 bridgehead atoms. The van der Waals surface area contributed by atoms with Gasteiger partial charge in [-0.25, -0.2) is 4.79 Å². The van der Waals surface area contributed by atoms with Crippen LogP contribution >= 0.6 is 11.8 Å². The van der Waals surface area contributed by atoms with Gasteiger partial charge in [-0.2, -0.15) is 0 Å². The normalized spacial score (nSPS) is 21.0. The summed E-state index contributed by atoms with van der Waals surface area (Å²) in [6.45, 7) is 4.59. The molecule has 0 aromatic heterocycles. The Bertz CT molecular complexity index is 536. The average Bonchev–Trinajstić information content (AvgIpc) is 2.60. The second kappa shape index (κ2) is 8.99. The summed E-state index contributed by atoms with van der Waals surface area (Å²) in [5, 5.41) is 3.57. The van der Waals surface area contributed by atoms with E-state index in [1.54, 1.807) is 11.8 Å². The highest BCUT2D eigenvalue weighted by atomic mass is 32.2. The molecule has 126 valence electrons. The summed E-state index contributed by atoms with van der Waals surface area (Å²) in [5.41, 5.74) is 2.33. The molecule has 1 N–H and O–H groups in total. The van der Waals surface area contributed by atoms with Gasteiger partial charge in [-0.05, 0) is 36.6 Å².